The number of nitrogens with one attached hydrogen (secondary N) is 1. The summed E-state index contributed by atoms with van der Waals surface area (Å²) in [7, 11) is 0. The molecule has 1 fully saturated rings. The van der Waals surface area contributed by atoms with E-state index in [1.165, 1.54) is 6.92 Å². The third kappa shape index (κ3) is 3.06. The Morgan fingerprint density at radius 1 is 1.25 bits per heavy atom. The number of hydrogen-bond acceptors (Lipinski definition) is 4. The fourth-order valence-corrected chi connectivity index (χ4v) is 3.34. The number of para-hydroxylation sites is 2. The predicted octanol–water partition coefficient (Wildman–Crippen LogP) is 1.44. The Hall–Kier alpha value is -2.57. The summed E-state index contributed by atoms with van der Waals surface area (Å²) in [6, 6.07) is 7.66. The Kier molecular flexibility index (Phi) is 4.42. The number of carbonyl (C=O) groups excluding carboxylic acids is 2. The maximum absolute atomic E-state index is 12.3. The van der Waals surface area contributed by atoms with Gasteiger partial charge in [-0.2, -0.15) is 0 Å². The molecule has 24 heavy (non-hydrogen) atoms. The number of amides is 1. The van der Waals surface area contributed by atoms with E-state index in [4.69, 9.17) is 4.74 Å². The monoisotopic (exact) mass is 331 g/mol. The third-order valence-electron chi connectivity index (χ3n) is 4.46. The van der Waals surface area contributed by atoms with Crippen LogP contribution in [0.15, 0.2) is 29.1 Å². The Morgan fingerprint density at radius 3 is 2.58 bits per heavy atom. The molecule has 0 spiro atoms. The fraction of sp³-hybridized carbons (Fsp3) is 0.471. The van der Waals surface area contributed by atoms with Crippen LogP contribution in [0.1, 0.15) is 32.7 Å². The molecule has 1 saturated heterocycles. The van der Waals surface area contributed by atoms with Crippen molar-refractivity contribution in [3.63, 3.8) is 0 Å². The standard InChI is InChI=1S/C17H21N3O4/c1-11(24-12(2)21)16(22)19-9-7-13(8-10-19)20-15-6-4-3-5-14(15)18-17(20)23/h3-6,11,13H,7-10H2,1-2H3,(H,18,23)/t11-/m0/s1. The quantitative estimate of drug-likeness (QED) is 0.863. The van der Waals surface area contributed by atoms with E-state index >= 15 is 0 Å². The lowest BCUT2D eigenvalue weighted by Gasteiger charge is -2.33. The van der Waals surface area contributed by atoms with Gasteiger partial charge in [0.25, 0.3) is 5.91 Å². The topological polar surface area (TPSA) is 84.4 Å². The van der Waals surface area contributed by atoms with E-state index in [0.29, 0.717) is 25.9 Å². The number of esters is 1. The van der Waals surface area contributed by atoms with Crippen molar-refractivity contribution in [2.75, 3.05) is 13.1 Å². The van der Waals surface area contributed by atoms with Crippen LogP contribution in [0, 0.1) is 0 Å². The SMILES string of the molecule is CC(=O)O[C@@H](C)C(=O)N1CCC(n2c(=O)[nH]c3ccccc32)CC1. The first kappa shape index (κ1) is 16.3. The zero-order chi connectivity index (χ0) is 17.3. The number of imidazole rings is 1. The molecular formula is C17H21N3O4. The van der Waals surface area contributed by atoms with E-state index in [2.05, 4.69) is 4.98 Å². The average molecular weight is 331 g/mol. The van der Waals surface area contributed by atoms with E-state index in [1.54, 1.807) is 16.4 Å². The zero-order valence-electron chi connectivity index (χ0n) is 13.8. The van der Waals surface area contributed by atoms with Gasteiger partial charge in [-0.15, -0.1) is 0 Å². The summed E-state index contributed by atoms with van der Waals surface area (Å²) in [5.74, 6) is -0.647. The van der Waals surface area contributed by atoms with Crippen molar-refractivity contribution in [1.82, 2.24) is 14.5 Å². The Bertz CT molecular complexity index is 815. The van der Waals surface area contributed by atoms with Crippen LogP contribution in [0.3, 0.4) is 0 Å². The molecule has 7 nitrogen and oxygen atoms in total. The molecule has 0 radical (unpaired) electrons. The largest absolute Gasteiger partial charge is 0.453 e. The lowest BCUT2D eigenvalue weighted by molar-refractivity contribution is -0.158. The second-order valence-electron chi connectivity index (χ2n) is 6.13. The summed E-state index contributed by atoms with van der Waals surface area (Å²) in [5.41, 5.74) is 1.60. The van der Waals surface area contributed by atoms with Crippen molar-refractivity contribution in [2.45, 2.75) is 38.8 Å². The normalized spacial score (nSPS) is 17.0. The Morgan fingerprint density at radius 2 is 1.92 bits per heavy atom. The highest BCUT2D eigenvalue weighted by Gasteiger charge is 2.29. The lowest BCUT2D eigenvalue weighted by Crippen LogP contribution is -2.45. The van der Waals surface area contributed by atoms with E-state index in [-0.39, 0.29) is 17.6 Å². The third-order valence-corrected chi connectivity index (χ3v) is 4.46. The summed E-state index contributed by atoms with van der Waals surface area (Å²) in [6.45, 7) is 3.96. The van der Waals surface area contributed by atoms with Crippen molar-refractivity contribution in [1.29, 1.82) is 0 Å². The molecule has 1 atom stereocenters. The van der Waals surface area contributed by atoms with Crippen LogP contribution >= 0.6 is 0 Å². The molecule has 1 amide bonds. The maximum atomic E-state index is 12.3. The molecule has 3 rings (SSSR count). The molecule has 0 unspecified atom stereocenters. The number of fused-ring (bicyclic) bond motifs is 1. The number of aromatic amines is 1. The number of benzene rings is 1. The molecule has 0 bridgehead atoms. The molecule has 1 aliphatic rings. The predicted molar refractivity (Wildman–Crippen MR) is 88.6 cm³/mol. The zero-order valence-corrected chi connectivity index (χ0v) is 13.8. The van der Waals surface area contributed by atoms with Gasteiger partial charge in [-0.25, -0.2) is 4.79 Å². The van der Waals surface area contributed by atoms with Crippen LogP contribution in [0.4, 0.5) is 0 Å². The van der Waals surface area contributed by atoms with Crippen LogP contribution in [0.2, 0.25) is 0 Å². The van der Waals surface area contributed by atoms with Gasteiger partial charge in [-0.1, -0.05) is 12.1 Å². The van der Waals surface area contributed by atoms with Gasteiger partial charge in [0.1, 0.15) is 0 Å². The van der Waals surface area contributed by atoms with Gasteiger partial charge in [-0.3, -0.25) is 14.2 Å². The molecule has 0 saturated carbocycles. The van der Waals surface area contributed by atoms with Gasteiger partial charge in [0, 0.05) is 26.1 Å². The van der Waals surface area contributed by atoms with Crippen LogP contribution in [-0.2, 0) is 14.3 Å². The molecule has 2 heterocycles. The highest BCUT2D eigenvalue weighted by Crippen LogP contribution is 2.25. The van der Waals surface area contributed by atoms with Crippen LogP contribution < -0.4 is 5.69 Å². The second-order valence-corrected chi connectivity index (χ2v) is 6.13. The maximum Gasteiger partial charge on any atom is 0.326 e. The van der Waals surface area contributed by atoms with Gasteiger partial charge in [0.2, 0.25) is 0 Å². The van der Waals surface area contributed by atoms with E-state index in [9.17, 15) is 14.4 Å². The Labute approximate surface area is 139 Å². The van der Waals surface area contributed by atoms with Crippen LogP contribution in [0.25, 0.3) is 11.0 Å². The average Bonchev–Trinajstić information content (AvgIpc) is 2.89. The number of H-pyrrole nitrogens is 1. The van der Waals surface area contributed by atoms with Crippen molar-refractivity contribution in [3.05, 3.63) is 34.7 Å². The number of carbonyl (C=O) groups is 2. The van der Waals surface area contributed by atoms with Gasteiger partial charge in [0.15, 0.2) is 6.10 Å². The number of likely N-dealkylation sites (tertiary alicyclic amines) is 1. The molecule has 0 aliphatic carbocycles. The molecule has 128 valence electrons. The molecule has 2 aromatic rings. The molecule has 1 aliphatic heterocycles. The summed E-state index contributed by atoms with van der Waals surface area (Å²) >= 11 is 0. The molecule has 1 N–H and O–H groups in total. The van der Waals surface area contributed by atoms with E-state index in [0.717, 1.165) is 11.0 Å². The van der Waals surface area contributed by atoms with E-state index in [1.807, 2.05) is 24.3 Å². The highest BCUT2D eigenvalue weighted by atomic mass is 16.5. The highest BCUT2D eigenvalue weighted by molar-refractivity contribution is 5.83. The first-order valence-electron chi connectivity index (χ1n) is 8.12. The molecule has 1 aromatic heterocycles. The first-order chi connectivity index (χ1) is 11.5. The first-order valence-corrected chi connectivity index (χ1v) is 8.12. The second kappa shape index (κ2) is 6.51. The minimum Gasteiger partial charge on any atom is -0.453 e. The van der Waals surface area contributed by atoms with Crippen molar-refractivity contribution in [2.24, 2.45) is 0 Å². The van der Waals surface area contributed by atoms with Crippen molar-refractivity contribution < 1.29 is 14.3 Å². The number of aromatic nitrogens is 2. The number of hydrogen-bond donors (Lipinski definition) is 1. The number of rotatable bonds is 3. The van der Waals surface area contributed by atoms with Crippen molar-refractivity contribution in [3.8, 4) is 0 Å². The molecule has 1 aromatic carbocycles. The fourth-order valence-electron chi connectivity index (χ4n) is 3.34. The summed E-state index contributed by atoms with van der Waals surface area (Å²) < 4.78 is 6.74. The van der Waals surface area contributed by atoms with Crippen LogP contribution in [0.5, 0.6) is 0 Å². The summed E-state index contributed by atoms with van der Waals surface area (Å²) in [4.78, 5) is 40.1. The number of ether oxygens (including phenoxy) is 1. The van der Waals surface area contributed by atoms with E-state index < -0.39 is 12.1 Å². The summed E-state index contributed by atoms with van der Waals surface area (Å²) in [5, 5.41) is 0. The van der Waals surface area contributed by atoms with Crippen LogP contribution in [-0.4, -0.2) is 45.5 Å². The van der Waals surface area contributed by atoms with Gasteiger partial charge >= 0.3 is 11.7 Å². The Balaban J connectivity index is 1.71. The molecular weight excluding hydrogens is 310 g/mol. The lowest BCUT2D eigenvalue weighted by atomic mass is 10.0. The van der Waals surface area contributed by atoms with Gasteiger partial charge < -0.3 is 14.6 Å². The van der Waals surface area contributed by atoms with Crippen molar-refractivity contribution >= 4 is 22.9 Å². The molecule has 7 heteroatoms. The van der Waals surface area contributed by atoms with Gasteiger partial charge in [0.05, 0.1) is 11.0 Å². The smallest absolute Gasteiger partial charge is 0.326 e. The minimum absolute atomic E-state index is 0.0572. The van der Waals surface area contributed by atoms with Gasteiger partial charge in [-0.05, 0) is 31.9 Å². The summed E-state index contributed by atoms with van der Waals surface area (Å²) in [6.07, 6.45) is 0.621. The number of piperidine rings is 1. The number of nitrogens with zero attached hydrogens (tertiary/aromatic N) is 2. The minimum atomic E-state index is -0.769.